The number of fused-ring (bicyclic) bond motifs is 1. The summed E-state index contributed by atoms with van der Waals surface area (Å²) in [4.78, 5) is 26.5. The van der Waals surface area contributed by atoms with Crippen molar-refractivity contribution in [2.75, 3.05) is 30.0 Å². The van der Waals surface area contributed by atoms with Gasteiger partial charge in [0, 0.05) is 30.4 Å². The van der Waals surface area contributed by atoms with Gasteiger partial charge in [-0.1, -0.05) is 25.5 Å². The number of ether oxygens (including phenoxy) is 2. The maximum Gasteiger partial charge on any atom is 0.319 e. The highest BCUT2D eigenvalue weighted by Gasteiger charge is 2.32. The van der Waals surface area contributed by atoms with E-state index >= 15 is 0 Å². The minimum absolute atomic E-state index is 0.0303. The van der Waals surface area contributed by atoms with Gasteiger partial charge in [-0.05, 0) is 42.7 Å². The molecule has 30 heavy (non-hydrogen) atoms. The minimum atomic E-state index is -0.307. The number of amides is 3. The van der Waals surface area contributed by atoms with Crippen LogP contribution in [-0.2, 0) is 11.2 Å². The van der Waals surface area contributed by atoms with Crippen LogP contribution in [0.2, 0.25) is 0 Å². The number of carbonyl (C=O) groups is 2. The van der Waals surface area contributed by atoms with E-state index in [1.807, 2.05) is 42.5 Å². The molecule has 2 heterocycles. The molecule has 2 N–H and O–H groups in total. The first kappa shape index (κ1) is 20.1. The van der Waals surface area contributed by atoms with Gasteiger partial charge in [0.15, 0.2) is 11.5 Å². The van der Waals surface area contributed by atoms with Crippen LogP contribution < -0.4 is 25.0 Å². The Hall–Kier alpha value is -3.22. The van der Waals surface area contributed by atoms with Crippen molar-refractivity contribution < 1.29 is 19.1 Å². The molecule has 0 spiro atoms. The van der Waals surface area contributed by atoms with Gasteiger partial charge >= 0.3 is 6.03 Å². The molecule has 1 atom stereocenters. The molecule has 0 unspecified atom stereocenters. The van der Waals surface area contributed by atoms with Crippen LogP contribution >= 0.6 is 0 Å². The van der Waals surface area contributed by atoms with Crippen molar-refractivity contribution in [3.63, 3.8) is 0 Å². The Morgan fingerprint density at radius 1 is 1.10 bits per heavy atom. The van der Waals surface area contributed by atoms with Crippen molar-refractivity contribution in [1.29, 1.82) is 0 Å². The molecular weight excluding hydrogens is 382 g/mol. The number of hydrogen-bond acceptors (Lipinski definition) is 4. The second kappa shape index (κ2) is 9.07. The van der Waals surface area contributed by atoms with Crippen molar-refractivity contribution in [2.45, 2.75) is 38.6 Å². The monoisotopic (exact) mass is 409 g/mol. The lowest BCUT2D eigenvalue weighted by molar-refractivity contribution is -0.117. The lowest BCUT2D eigenvalue weighted by Crippen LogP contribution is -2.39. The van der Waals surface area contributed by atoms with Gasteiger partial charge in [0.2, 0.25) is 5.91 Å². The number of carbonyl (C=O) groups excluding carboxylic acids is 2. The first-order chi connectivity index (χ1) is 14.6. The Balaban J connectivity index is 1.32. The summed E-state index contributed by atoms with van der Waals surface area (Å²) < 4.78 is 11.1. The number of anilines is 2. The number of urea groups is 1. The largest absolute Gasteiger partial charge is 0.486 e. The number of aryl methyl sites for hydroxylation is 1. The summed E-state index contributed by atoms with van der Waals surface area (Å²) in [5.41, 5.74) is 2.75. The van der Waals surface area contributed by atoms with E-state index < -0.39 is 0 Å². The molecule has 0 bridgehead atoms. The van der Waals surface area contributed by atoms with Crippen LogP contribution in [0.15, 0.2) is 42.5 Å². The molecule has 1 saturated heterocycles. The summed E-state index contributed by atoms with van der Waals surface area (Å²) >= 11 is 0. The van der Waals surface area contributed by atoms with E-state index in [-0.39, 0.29) is 24.4 Å². The third-order valence-corrected chi connectivity index (χ3v) is 5.33. The molecule has 2 aromatic carbocycles. The van der Waals surface area contributed by atoms with Crippen molar-refractivity contribution in [2.24, 2.45) is 0 Å². The number of unbranched alkanes of at least 4 members (excludes halogenated alkanes) is 1. The molecule has 0 radical (unpaired) electrons. The molecule has 0 aliphatic carbocycles. The fourth-order valence-electron chi connectivity index (χ4n) is 3.74. The summed E-state index contributed by atoms with van der Waals surface area (Å²) in [6.45, 7) is 3.61. The van der Waals surface area contributed by atoms with Crippen molar-refractivity contribution >= 4 is 23.3 Å². The van der Waals surface area contributed by atoms with Crippen LogP contribution in [0.5, 0.6) is 11.5 Å². The van der Waals surface area contributed by atoms with Gasteiger partial charge < -0.3 is 25.0 Å². The molecule has 2 aromatic rings. The van der Waals surface area contributed by atoms with E-state index in [1.54, 1.807) is 4.90 Å². The number of rotatable bonds is 6. The van der Waals surface area contributed by atoms with Crippen LogP contribution in [0.1, 0.15) is 31.7 Å². The zero-order valence-electron chi connectivity index (χ0n) is 17.1. The summed E-state index contributed by atoms with van der Waals surface area (Å²) in [5.74, 6) is 1.30. The Morgan fingerprint density at radius 2 is 1.87 bits per heavy atom. The van der Waals surface area contributed by atoms with E-state index in [0.29, 0.717) is 31.3 Å². The van der Waals surface area contributed by atoms with Gasteiger partial charge in [0.25, 0.3) is 0 Å². The van der Waals surface area contributed by atoms with Gasteiger partial charge in [-0.2, -0.15) is 0 Å². The topological polar surface area (TPSA) is 79.9 Å². The van der Waals surface area contributed by atoms with Crippen LogP contribution in [0, 0.1) is 0 Å². The second-order valence-corrected chi connectivity index (χ2v) is 7.63. The van der Waals surface area contributed by atoms with Crippen LogP contribution in [0.3, 0.4) is 0 Å². The van der Waals surface area contributed by atoms with Gasteiger partial charge in [-0.25, -0.2) is 4.79 Å². The zero-order valence-corrected chi connectivity index (χ0v) is 17.1. The normalized spacial score (nSPS) is 17.7. The SMILES string of the molecule is CCCCc1ccc(NC(=O)N[C@H]2CC(=O)N(c3ccc4c(c3)OCCO4)C2)cc1. The third-order valence-electron chi connectivity index (χ3n) is 5.33. The zero-order chi connectivity index (χ0) is 20.9. The van der Waals surface area contributed by atoms with Crippen molar-refractivity contribution in [3.05, 3.63) is 48.0 Å². The van der Waals surface area contributed by atoms with Crippen molar-refractivity contribution in [3.8, 4) is 11.5 Å². The second-order valence-electron chi connectivity index (χ2n) is 7.63. The Bertz CT molecular complexity index is 913. The quantitative estimate of drug-likeness (QED) is 0.762. The Kier molecular flexibility index (Phi) is 6.07. The molecule has 1 fully saturated rings. The van der Waals surface area contributed by atoms with Gasteiger partial charge in [0.05, 0.1) is 6.04 Å². The maximum atomic E-state index is 12.5. The lowest BCUT2D eigenvalue weighted by atomic mass is 10.1. The molecule has 3 amide bonds. The number of hydrogen-bond donors (Lipinski definition) is 2. The molecule has 0 aromatic heterocycles. The highest BCUT2D eigenvalue weighted by molar-refractivity contribution is 5.98. The molecule has 7 nitrogen and oxygen atoms in total. The summed E-state index contributed by atoms with van der Waals surface area (Å²) in [7, 11) is 0. The average molecular weight is 409 g/mol. The number of nitrogens with zero attached hydrogens (tertiary/aromatic N) is 1. The van der Waals surface area contributed by atoms with E-state index in [2.05, 4.69) is 17.6 Å². The Morgan fingerprint density at radius 3 is 2.63 bits per heavy atom. The number of nitrogens with one attached hydrogen (secondary N) is 2. The van der Waals surface area contributed by atoms with E-state index in [9.17, 15) is 9.59 Å². The molecule has 4 rings (SSSR count). The molecule has 7 heteroatoms. The van der Waals surface area contributed by atoms with Gasteiger partial charge in [0.1, 0.15) is 13.2 Å². The number of benzene rings is 2. The minimum Gasteiger partial charge on any atom is -0.486 e. The molecular formula is C23H27N3O4. The van der Waals surface area contributed by atoms with Crippen LogP contribution in [0.4, 0.5) is 16.2 Å². The smallest absolute Gasteiger partial charge is 0.319 e. The molecule has 158 valence electrons. The lowest BCUT2D eigenvalue weighted by Gasteiger charge is -2.22. The fraction of sp³-hybridized carbons (Fsp3) is 0.391. The van der Waals surface area contributed by atoms with Crippen molar-refractivity contribution in [1.82, 2.24) is 5.32 Å². The van der Waals surface area contributed by atoms with Crippen LogP contribution in [-0.4, -0.2) is 37.7 Å². The fourth-order valence-corrected chi connectivity index (χ4v) is 3.74. The summed E-state index contributed by atoms with van der Waals surface area (Å²) in [6, 6.07) is 12.8. The van der Waals surface area contributed by atoms with Crippen LogP contribution in [0.25, 0.3) is 0 Å². The van der Waals surface area contributed by atoms with Gasteiger partial charge in [-0.15, -0.1) is 0 Å². The summed E-state index contributed by atoms with van der Waals surface area (Å²) in [5, 5.41) is 5.75. The van der Waals surface area contributed by atoms with E-state index in [0.717, 1.165) is 30.6 Å². The first-order valence-electron chi connectivity index (χ1n) is 10.5. The van der Waals surface area contributed by atoms with E-state index in [4.69, 9.17) is 9.47 Å². The maximum absolute atomic E-state index is 12.5. The highest BCUT2D eigenvalue weighted by Crippen LogP contribution is 2.35. The third kappa shape index (κ3) is 4.67. The Labute approximate surface area is 176 Å². The van der Waals surface area contributed by atoms with E-state index in [1.165, 1.54) is 5.56 Å². The average Bonchev–Trinajstić information content (AvgIpc) is 3.12. The highest BCUT2D eigenvalue weighted by atomic mass is 16.6. The molecule has 2 aliphatic rings. The molecule has 0 saturated carbocycles. The standard InChI is InChI=1S/C23H27N3O4/c1-2-3-4-16-5-7-17(8-6-16)24-23(28)25-18-13-22(27)26(15-18)19-9-10-20-21(14-19)30-12-11-29-20/h5-10,14,18H,2-4,11-13,15H2,1H3,(H2,24,25,28)/t18-/m0/s1. The van der Waals surface area contributed by atoms with Gasteiger partial charge in [-0.3, -0.25) is 4.79 Å². The first-order valence-corrected chi connectivity index (χ1v) is 10.5. The summed E-state index contributed by atoms with van der Waals surface area (Å²) in [6.07, 6.45) is 3.62. The molecule has 2 aliphatic heterocycles. The predicted molar refractivity (Wildman–Crippen MR) is 115 cm³/mol. The predicted octanol–water partition coefficient (Wildman–Crippen LogP) is 3.73.